The first kappa shape index (κ1) is 18.8. The van der Waals surface area contributed by atoms with Crippen LogP contribution in [0.3, 0.4) is 0 Å². The van der Waals surface area contributed by atoms with Gasteiger partial charge in [-0.05, 0) is 36.3 Å². The monoisotopic (exact) mass is 355 g/mol. The maximum atomic E-state index is 12.5. The number of hydrogen-bond acceptors (Lipinski definition) is 4. The lowest BCUT2D eigenvalue weighted by atomic mass is 10.2. The molecule has 1 rings (SSSR count). The van der Waals surface area contributed by atoms with Gasteiger partial charge >= 0.3 is 5.51 Å². The van der Waals surface area contributed by atoms with Crippen molar-refractivity contribution in [1.82, 2.24) is 0 Å². The zero-order chi connectivity index (χ0) is 17.6. The van der Waals surface area contributed by atoms with Gasteiger partial charge < -0.3 is 10.2 Å². The Hall–Kier alpha value is -1.22. The minimum atomic E-state index is -5.41. The van der Waals surface area contributed by atoms with E-state index >= 15 is 0 Å². The summed E-state index contributed by atoms with van der Waals surface area (Å²) >= 11 is 0. The highest BCUT2D eigenvalue weighted by molar-refractivity contribution is 7.92. The van der Waals surface area contributed by atoms with Crippen molar-refractivity contribution in [2.75, 3.05) is 5.73 Å². The first-order valence-electron chi connectivity index (χ1n) is 6.49. The van der Waals surface area contributed by atoms with Gasteiger partial charge in [0.2, 0.25) is 0 Å². The summed E-state index contributed by atoms with van der Waals surface area (Å²) in [6.45, 7) is 9.90. The van der Waals surface area contributed by atoms with Crippen LogP contribution in [0.4, 0.5) is 18.9 Å². The second-order valence-electron chi connectivity index (χ2n) is 6.51. The van der Waals surface area contributed by atoms with E-state index < -0.39 is 28.6 Å². The summed E-state index contributed by atoms with van der Waals surface area (Å²) < 4.78 is 66.2. The van der Waals surface area contributed by atoms with Gasteiger partial charge in [-0.15, -0.1) is 0 Å². The summed E-state index contributed by atoms with van der Waals surface area (Å²) in [5.41, 5.74) is 0.188. The van der Waals surface area contributed by atoms with E-state index in [9.17, 15) is 21.6 Å². The number of nitrogen functional groups attached to an aromatic ring is 1. The van der Waals surface area contributed by atoms with Gasteiger partial charge in [-0.2, -0.15) is 13.2 Å². The molecule has 0 saturated carbocycles. The minimum absolute atomic E-state index is 0.129. The van der Waals surface area contributed by atoms with E-state index in [0.29, 0.717) is 0 Å². The highest BCUT2D eigenvalue weighted by Gasteiger charge is 2.47. The van der Waals surface area contributed by atoms with Crippen LogP contribution in [0.25, 0.3) is 0 Å². The summed E-state index contributed by atoms with van der Waals surface area (Å²) in [7, 11) is -7.64. The van der Waals surface area contributed by atoms with Crippen molar-refractivity contribution in [2.45, 2.75) is 49.3 Å². The summed E-state index contributed by atoms with van der Waals surface area (Å²) in [4.78, 5) is -0.889. The number of rotatable bonds is 3. The fourth-order valence-electron chi connectivity index (χ4n) is 1.35. The van der Waals surface area contributed by atoms with E-state index in [0.717, 1.165) is 12.1 Å². The second kappa shape index (κ2) is 5.45. The van der Waals surface area contributed by atoms with Gasteiger partial charge in [0.15, 0.2) is 0 Å². The number of alkyl halides is 3. The fourth-order valence-corrected chi connectivity index (χ4v) is 3.19. The molecule has 0 aromatic heterocycles. The molecule has 126 valence electrons. The Labute approximate surface area is 129 Å². The molecule has 0 atom stereocenters. The molecule has 0 heterocycles. The van der Waals surface area contributed by atoms with E-state index in [2.05, 4.69) is 0 Å². The van der Waals surface area contributed by atoms with Crippen molar-refractivity contribution >= 4 is 23.8 Å². The quantitative estimate of drug-likeness (QED) is 0.658. The van der Waals surface area contributed by atoms with Crippen LogP contribution in [-0.4, -0.2) is 22.2 Å². The normalized spacial score (nSPS) is 14.0. The predicted octanol–water partition coefficient (Wildman–Crippen LogP) is 3.95. The summed E-state index contributed by atoms with van der Waals surface area (Å²) in [5.74, 6) is 0.202. The lowest BCUT2D eigenvalue weighted by Gasteiger charge is -2.36. The molecule has 0 radical (unpaired) electrons. The summed E-state index contributed by atoms with van der Waals surface area (Å²) in [6.07, 6.45) is 0. The third-order valence-corrected chi connectivity index (χ3v) is 9.59. The first-order valence-corrected chi connectivity index (χ1v) is 10.9. The summed E-state index contributed by atoms with van der Waals surface area (Å²) in [6, 6.07) is 2.82. The van der Waals surface area contributed by atoms with Gasteiger partial charge in [-0.25, -0.2) is 8.42 Å². The Morgan fingerprint density at radius 2 is 1.64 bits per heavy atom. The molecule has 1 aromatic rings. The maximum Gasteiger partial charge on any atom is 0.501 e. The third-order valence-electron chi connectivity index (χ3n) is 3.77. The lowest BCUT2D eigenvalue weighted by Crippen LogP contribution is -2.44. The molecule has 2 N–H and O–H groups in total. The molecule has 4 nitrogen and oxygen atoms in total. The molecule has 9 heteroatoms. The van der Waals surface area contributed by atoms with Crippen LogP contribution in [0.2, 0.25) is 18.1 Å². The SMILES string of the molecule is CC(C)(C)[Si](C)(C)Oc1ccc(S(=O)(=O)C(F)(F)F)cc1N. The minimum Gasteiger partial charge on any atom is -0.542 e. The molecule has 0 amide bonds. The Morgan fingerprint density at radius 3 is 2.00 bits per heavy atom. The van der Waals surface area contributed by atoms with E-state index in [1.807, 2.05) is 33.9 Å². The largest absolute Gasteiger partial charge is 0.542 e. The van der Waals surface area contributed by atoms with Crippen molar-refractivity contribution in [3.63, 3.8) is 0 Å². The molecule has 0 fully saturated rings. The zero-order valence-corrected chi connectivity index (χ0v) is 14.9. The van der Waals surface area contributed by atoms with E-state index in [1.165, 1.54) is 6.07 Å². The number of hydrogen-bond donors (Lipinski definition) is 1. The average molecular weight is 355 g/mol. The van der Waals surface area contributed by atoms with Crippen LogP contribution >= 0.6 is 0 Å². The van der Waals surface area contributed by atoms with Crippen LogP contribution in [0.1, 0.15) is 20.8 Å². The highest BCUT2D eigenvalue weighted by atomic mass is 32.2. The van der Waals surface area contributed by atoms with E-state index in [4.69, 9.17) is 10.2 Å². The van der Waals surface area contributed by atoms with Crippen LogP contribution in [0, 0.1) is 0 Å². The predicted molar refractivity (Wildman–Crippen MR) is 81.9 cm³/mol. The molecule has 0 saturated heterocycles. The number of nitrogens with two attached hydrogens (primary N) is 1. The Morgan fingerprint density at radius 1 is 1.14 bits per heavy atom. The van der Waals surface area contributed by atoms with Gasteiger partial charge in [0.05, 0.1) is 10.6 Å². The van der Waals surface area contributed by atoms with E-state index in [-0.39, 0.29) is 16.5 Å². The van der Waals surface area contributed by atoms with Crippen LogP contribution in [0.5, 0.6) is 5.75 Å². The zero-order valence-electron chi connectivity index (χ0n) is 13.1. The second-order valence-corrected chi connectivity index (χ2v) is 13.2. The Bertz CT molecular complexity index is 664. The van der Waals surface area contributed by atoms with Gasteiger partial charge in [0, 0.05) is 0 Å². The molecule has 22 heavy (non-hydrogen) atoms. The molecular weight excluding hydrogens is 335 g/mol. The van der Waals surface area contributed by atoms with Crippen LogP contribution in [0.15, 0.2) is 23.1 Å². The maximum absolute atomic E-state index is 12.5. The van der Waals surface area contributed by atoms with Gasteiger partial charge in [-0.1, -0.05) is 20.8 Å². The Kier molecular flexibility index (Phi) is 4.66. The fraction of sp³-hybridized carbons (Fsp3) is 0.538. The van der Waals surface area contributed by atoms with E-state index in [1.54, 1.807) is 0 Å². The smallest absolute Gasteiger partial charge is 0.501 e. The number of benzene rings is 1. The molecule has 0 aliphatic carbocycles. The van der Waals surface area contributed by atoms with Crippen molar-refractivity contribution in [3.8, 4) is 5.75 Å². The number of anilines is 1. The van der Waals surface area contributed by atoms with Gasteiger partial charge in [-0.3, -0.25) is 0 Å². The number of sulfone groups is 1. The molecule has 0 spiro atoms. The molecule has 0 bridgehead atoms. The van der Waals surface area contributed by atoms with Crippen molar-refractivity contribution < 1.29 is 26.0 Å². The molecule has 0 unspecified atom stereocenters. The average Bonchev–Trinajstić information content (AvgIpc) is 2.28. The standard InChI is InChI=1S/C13H20F3NO3SSi/c1-12(2,3)22(4,5)20-11-7-6-9(8-10(11)17)21(18,19)13(14,15)16/h6-8H,17H2,1-5H3. The van der Waals surface area contributed by atoms with Gasteiger partial charge in [0.1, 0.15) is 5.75 Å². The van der Waals surface area contributed by atoms with Crippen molar-refractivity contribution in [1.29, 1.82) is 0 Å². The molecular formula is C13H20F3NO3SSi. The van der Waals surface area contributed by atoms with Crippen LogP contribution in [-0.2, 0) is 9.84 Å². The molecule has 0 aliphatic rings. The number of halogens is 3. The first-order chi connectivity index (χ1) is 9.59. The lowest BCUT2D eigenvalue weighted by molar-refractivity contribution is -0.0436. The topological polar surface area (TPSA) is 69.4 Å². The summed E-state index contributed by atoms with van der Waals surface area (Å²) in [5, 5.41) is -0.129. The highest BCUT2D eigenvalue weighted by Crippen LogP contribution is 2.40. The Balaban J connectivity index is 3.23. The molecule has 0 aliphatic heterocycles. The third kappa shape index (κ3) is 3.57. The van der Waals surface area contributed by atoms with Gasteiger partial charge in [0.25, 0.3) is 18.2 Å². The molecule has 1 aromatic carbocycles. The van der Waals surface area contributed by atoms with Crippen molar-refractivity contribution in [3.05, 3.63) is 18.2 Å². The van der Waals surface area contributed by atoms with Crippen LogP contribution < -0.4 is 10.2 Å². The van der Waals surface area contributed by atoms with Crippen molar-refractivity contribution in [2.24, 2.45) is 0 Å².